The number of ether oxygens (including phenoxy) is 2. The van der Waals surface area contributed by atoms with Crippen molar-refractivity contribution in [3.05, 3.63) is 118 Å². The lowest BCUT2D eigenvalue weighted by Crippen LogP contribution is -2.41. The van der Waals surface area contributed by atoms with E-state index in [0.717, 1.165) is 25.0 Å². The van der Waals surface area contributed by atoms with Crippen molar-refractivity contribution in [2.75, 3.05) is 48.1 Å². The van der Waals surface area contributed by atoms with Gasteiger partial charge in [0.2, 0.25) is 0 Å². The summed E-state index contributed by atoms with van der Waals surface area (Å²) in [5, 5.41) is 18.1. The van der Waals surface area contributed by atoms with Crippen molar-refractivity contribution in [2.24, 2.45) is 0 Å². The highest BCUT2D eigenvalue weighted by molar-refractivity contribution is 5.88. The molecule has 1 aliphatic rings. The minimum Gasteiger partial charge on any atom is -0.478 e. The number of carboxylic acid groups (broad SMARTS) is 1. The van der Waals surface area contributed by atoms with Crippen LogP contribution in [0.5, 0.6) is 0 Å². The molecule has 0 radical (unpaired) electrons. The molecule has 0 fully saturated rings. The molecule has 0 amide bonds. The van der Waals surface area contributed by atoms with Gasteiger partial charge in [-0.25, -0.2) is 13.6 Å². The number of rotatable bonds is 18. The number of hydrogen-bond acceptors (Lipinski definition) is 7. The molecular weight excluding hydrogens is 693 g/mol. The Morgan fingerprint density at radius 3 is 2.28 bits per heavy atom. The first-order valence-electron chi connectivity index (χ1n) is 18.6. The van der Waals surface area contributed by atoms with E-state index in [0.29, 0.717) is 50.2 Å². The Hall–Kier alpha value is -4.53. The van der Waals surface area contributed by atoms with E-state index >= 15 is 4.39 Å². The van der Waals surface area contributed by atoms with Crippen LogP contribution in [-0.2, 0) is 27.3 Å². The van der Waals surface area contributed by atoms with E-state index < -0.39 is 17.6 Å². The summed E-state index contributed by atoms with van der Waals surface area (Å²) in [6.07, 6.45) is 8.85. The standard InChI is InChI=1S/C31H46FN3O3.C9H8FNO.C2H6.CH3F/c1-8-12-19-33(6)23(5)25-16-13-24(14-17-25)15-18-28-34(7)27(11-4)30(29(32)26(10-3)31(36)37)35(28)20-22-38-21-9-2;1-12-6-8-3-2-7(5-11)4-9(8)10;2*1-2/h8,12-14,16-17,19,23,28H,1,9-11,15,18,20-22H2,2-7H3,(H,36,37);2-4H,6H2,1H3;1-2H3;1H3/b19-12-,29-26-;;;. The molecule has 1 heterocycles. The third kappa shape index (κ3) is 15.1. The second-order valence-corrected chi connectivity index (χ2v) is 12.0. The number of carbonyl (C=O) groups is 1. The number of nitriles is 1. The van der Waals surface area contributed by atoms with Gasteiger partial charge in [-0.05, 0) is 74.6 Å². The maximum Gasteiger partial charge on any atom is 0.334 e. The molecule has 3 rings (SSSR count). The van der Waals surface area contributed by atoms with Crippen molar-refractivity contribution in [3.63, 3.8) is 0 Å². The Labute approximate surface area is 322 Å². The molecule has 0 bridgehead atoms. The van der Waals surface area contributed by atoms with E-state index in [2.05, 4.69) is 54.5 Å². The van der Waals surface area contributed by atoms with Gasteiger partial charge in [0, 0.05) is 45.6 Å². The van der Waals surface area contributed by atoms with Crippen molar-refractivity contribution in [3.8, 4) is 6.07 Å². The first kappa shape index (κ1) is 49.5. The largest absolute Gasteiger partial charge is 0.478 e. The van der Waals surface area contributed by atoms with Crippen LogP contribution >= 0.6 is 0 Å². The highest BCUT2D eigenvalue weighted by Gasteiger charge is 2.38. The van der Waals surface area contributed by atoms with Crippen LogP contribution in [0.4, 0.5) is 13.2 Å². The number of hydrogen-bond donors (Lipinski definition) is 1. The first-order valence-corrected chi connectivity index (χ1v) is 18.6. The fourth-order valence-electron chi connectivity index (χ4n) is 5.81. The fourth-order valence-corrected chi connectivity index (χ4v) is 5.81. The predicted octanol–water partition coefficient (Wildman–Crippen LogP) is 10.1. The van der Waals surface area contributed by atoms with Crippen molar-refractivity contribution in [1.29, 1.82) is 5.26 Å². The lowest BCUT2D eigenvalue weighted by Gasteiger charge is -2.33. The zero-order valence-corrected chi connectivity index (χ0v) is 34.1. The Balaban J connectivity index is 0.00000146. The molecule has 0 saturated heterocycles. The number of carboxylic acids is 1. The number of aliphatic carboxylic acids is 1. The summed E-state index contributed by atoms with van der Waals surface area (Å²) in [7, 11) is 6.02. The summed E-state index contributed by atoms with van der Waals surface area (Å²) >= 11 is 0. The third-order valence-corrected chi connectivity index (χ3v) is 8.74. The second kappa shape index (κ2) is 28.0. The number of benzene rings is 2. The van der Waals surface area contributed by atoms with Crippen LogP contribution in [-0.4, -0.2) is 80.1 Å². The predicted molar refractivity (Wildman–Crippen MR) is 213 cm³/mol. The molecule has 0 spiro atoms. The molecule has 2 aromatic rings. The number of nitrogens with zero attached hydrogens (tertiary/aromatic N) is 4. The van der Waals surface area contributed by atoms with Gasteiger partial charge >= 0.3 is 5.97 Å². The van der Waals surface area contributed by atoms with Gasteiger partial charge in [-0.3, -0.25) is 4.39 Å². The quantitative estimate of drug-likeness (QED) is 0.0914. The Bertz CT molecular complexity index is 1540. The van der Waals surface area contributed by atoms with E-state index in [9.17, 15) is 18.7 Å². The normalized spacial score (nSPS) is 14.5. The van der Waals surface area contributed by atoms with Gasteiger partial charge in [0.05, 0.1) is 49.3 Å². The summed E-state index contributed by atoms with van der Waals surface area (Å²) in [4.78, 5) is 18.1. The molecule has 2 aromatic carbocycles. The van der Waals surface area contributed by atoms with Crippen LogP contribution in [0.2, 0.25) is 0 Å². The van der Waals surface area contributed by atoms with Crippen LogP contribution in [0.15, 0.2) is 90.2 Å². The number of halogens is 3. The van der Waals surface area contributed by atoms with E-state index in [-0.39, 0.29) is 30.8 Å². The number of aryl methyl sites for hydroxylation is 1. The molecule has 54 heavy (non-hydrogen) atoms. The van der Waals surface area contributed by atoms with Gasteiger partial charge in [-0.1, -0.05) is 77.6 Å². The number of alkyl halides is 1. The minimum absolute atomic E-state index is 0.0865. The smallest absolute Gasteiger partial charge is 0.334 e. The Kier molecular flexibility index (Phi) is 25.6. The van der Waals surface area contributed by atoms with E-state index in [1.54, 1.807) is 25.1 Å². The number of methoxy groups -OCH3 is 1. The van der Waals surface area contributed by atoms with Gasteiger partial charge in [-0.2, -0.15) is 5.26 Å². The Morgan fingerprint density at radius 1 is 1.13 bits per heavy atom. The topological polar surface area (TPSA) is 89.3 Å². The van der Waals surface area contributed by atoms with Gasteiger partial charge in [0.1, 0.15) is 12.0 Å². The van der Waals surface area contributed by atoms with E-state index in [4.69, 9.17) is 14.7 Å². The summed E-state index contributed by atoms with van der Waals surface area (Å²) in [6, 6.07) is 15.1. The van der Waals surface area contributed by atoms with E-state index in [1.165, 1.54) is 24.3 Å². The van der Waals surface area contributed by atoms with Gasteiger partial charge < -0.3 is 29.3 Å². The highest BCUT2D eigenvalue weighted by Crippen LogP contribution is 2.38. The van der Waals surface area contributed by atoms with Crippen LogP contribution in [0.25, 0.3) is 0 Å². The van der Waals surface area contributed by atoms with Crippen LogP contribution in [0, 0.1) is 17.1 Å². The second-order valence-electron chi connectivity index (χ2n) is 12.0. The van der Waals surface area contributed by atoms with Gasteiger partial charge in [-0.15, -0.1) is 0 Å². The van der Waals surface area contributed by atoms with Crippen molar-refractivity contribution >= 4 is 5.97 Å². The molecule has 8 nitrogen and oxygen atoms in total. The molecule has 2 atom stereocenters. The summed E-state index contributed by atoms with van der Waals surface area (Å²) < 4.78 is 48.8. The average Bonchev–Trinajstić information content (AvgIpc) is 3.46. The van der Waals surface area contributed by atoms with Crippen LogP contribution in [0.1, 0.15) is 95.5 Å². The monoisotopic (exact) mass is 756 g/mol. The summed E-state index contributed by atoms with van der Waals surface area (Å²) in [5.41, 5.74) is 4.28. The SMILES string of the molecule is C=C/C=C\N(C)C(C)c1ccc(CCC2N(C)C(CC)=C(/C(F)=C(\CC)C(=O)O)N2CCOCCC)cc1.CC.CF.COCc1ccc(C#N)cc1F. The van der Waals surface area contributed by atoms with Crippen molar-refractivity contribution in [1.82, 2.24) is 14.7 Å². The van der Waals surface area contributed by atoms with Crippen molar-refractivity contribution in [2.45, 2.75) is 92.5 Å². The molecule has 1 N–H and O–H groups in total. The molecule has 1 aliphatic heterocycles. The number of allylic oxidation sites excluding steroid dienone is 4. The molecule has 0 aromatic heterocycles. The molecule has 0 aliphatic carbocycles. The maximum absolute atomic E-state index is 15.8. The fraction of sp³-hybridized carbons (Fsp3) is 0.488. The molecular formula is C43H63F3N4O4. The minimum atomic E-state index is -1.21. The van der Waals surface area contributed by atoms with Gasteiger partial charge in [0.15, 0.2) is 5.83 Å². The molecule has 11 heteroatoms. The summed E-state index contributed by atoms with van der Waals surface area (Å²) in [6.45, 7) is 17.4. The maximum atomic E-state index is 15.8. The first-order chi connectivity index (χ1) is 26.0. The lowest BCUT2D eigenvalue weighted by atomic mass is 10.0. The van der Waals surface area contributed by atoms with Gasteiger partial charge in [0.25, 0.3) is 0 Å². The zero-order chi connectivity index (χ0) is 41.2. The third-order valence-electron chi connectivity index (χ3n) is 8.74. The van der Waals surface area contributed by atoms with E-state index in [1.807, 2.05) is 58.1 Å². The van der Waals surface area contributed by atoms with Crippen LogP contribution in [0.3, 0.4) is 0 Å². The lowest BCUT2D eigenvalue weighted by molar-refractivity contribution is -0.132. The van der Waals surface area contributed by atoms with Crippen LogP contribution < -0.4 is 0 Å². The average molecular weight is 757 g/mol. The highest BCUT2D eigenvalue weighted by atomic mass is 19.1. The summed E-state index contributed by atoms with van der Waals surface area (Å²) in [5.74, 6) is -2.23. The molecule has 0 saturated carbocycles. The molecule has 2 unspecified atom stereocenters. The zero-order valence-electron chi connectivity index (χ0n) is 34.1. The Morgan fingerprint density at radius 2 is 1.78 bits per heavy atom. The molecule has 300 valence electrons. The van der Waals surface area contributed by atoms with Crippen molar-refractivity contribution < 1.29 is 32.5 Å².